The summed E-state index contributed by atoms with van der Waals surface area (Å²) in [4.78, 5) is 41.0. The number of nitrogens with one attached hydrogen (secondary N) is 1. The molecule has 1 N–H and O–H groups in total. The first-order valence-corrected chi connectivity index (χ1v) is 12.0. The van der Waals surface area contributed by atoms with Gasteiger partial charge in [0.15, 0.2) is 0 Å². The SMILES string of the molecule is O=C(NCCCC(=O)N1CCN(c2cnn(-c3ccccc3)c(=O)c2Cl)CC1)c1ccsc1. The van der Waals surface area contributed by atoms with Crippen molar-refractivity contribution in [2.45, 2.75) is 12.8 Å². The van der Waals surface area contributed by atoms with E-state index in [0.717, 1.165) is 0 Å². The molecule has 0 aliphatic carbocycles. The Morgan fingerprint density at radius 2 is 1.85 bits per heavy atom. The molecule has 1 aliphatic rings. The van der Waals surface area contributed by atoms with E-state index in [1.54, 1.807) is 29.8 Å². The Morgan fingerprint density at radius 3 is 2.55 bits per heavy atom. The van der Waals surface area contributed by atoms with E-state index >= 15 is 0 Å². The van der Waals surface area contributed by atoms with Crippen molar-refractivity contribution in [1.29, 1.82) is 0 Å². The van der Waals surface area contributed by atoms with E-state index in [4.69, 9.17) is 11.6 Å². The second-order valence-corrected chi connectivity index (χ2v) is 8.79. The molecular weight excluding hydrogens is 462 g/mol. The molecule has 172 valence electrons. The molecule has 0 unspecified atom stereocenters. The number of hydrogen-bond donors (Lipinski definition) is 1. The number of piperazine rings is 1. The van der Waals surface area contributed by atoms with Crippen LogP contribution in [0.15, 0.2) is 58.1 Å². The zero-order chi connectivity index (χ0) is 23.2. The monoisotopic (exact) mass is 485 g/mol. The molecule has 1 aliphatic heterocycles. The standard InChI is InChI=1S/C23H24ClN5O3S/c24-21-19(15-26-29(23(21)32)18-5-2-1-3-6-18)27-10-12-28(13-11-27)20(30)7-4-9-25-22(31)17-8-14-33-16-17/h1-3,5-6,8,14-16H,4,7,9-13H2,(H,25,31). The van der Waals surface area contributed by atoms with E-state index in [1.165, 1.54) is 16.0 Å². The summed E-state index contributed by atoms with van der Waals surface area (Å²) < 4.78 is 1.28. The largest absolute Gasteiger partial charge is 0.365 e. The molecule has 10 heteroatoms. The zero-order valence-electron chi connectivity index (χ0n) is 17.9. The second-order valence-electron chi connectivity index (χ2n) is 7.64. The van der Waals surface area contributed by atoms with Crippen LogP contribution in [0.4, 0.5) is 5.69 Å². The number of carbonyl (C=O) groups excluding carboxylic acids is 2. The lowest BCUT2D eigenvalue weighted by molar-refractivity contribution is -0.131. The smallest absolute Gasteiger partial charge is 0.292 e. The van der Waals surface area contributed by atoms with Gasteiger partial charge in [-0.15, -0.1) is 0 Å². The number of rotatable bonds is 7. The van der Waals surface area contributed by atoms with Gasteiger partial charge >= 0.3 is 0 Å². The summed E-state index contributed by atoms with van der Waals surface area (Å²) in [6.07, 6.45) is 2.56. The lowest BCUT2D eigenvalue weighted by Crippen LogP contribution is -2.49. The summed E-state index contributed by atoms with van der Waals surface area (Å²) in [7, 11) is 0. The van der Waals surface area contributed by atoms with Crippen LogP contribution in [0.3, 0.4) is 0 Å². The fourth-order valence-electron chi connectivity index (χ4n) is 3.69. The number of aromatic nitrogens is 2. The fraction of sp³-hybridized carbons (Fsp3) is 0.304. The third kappa shape index (κ3) is 5.43. The molecule has 1 saturated heterocycles. The van der Waals surface area contributed by atoms with E-state index in [-0.39, 0.29) is 22.4 Å². The minimum Gasteiger partial charge on any atom is -0.365 e. The average molecular weight is 486 g/mol. The molecular formula is C23H24ClN5O3S. The van der Waals surface area contributed by atoms with Gasteiger partial charge in [-0.3, -0.25) is 14.4 Å². The van der Waals surface area contributed by atoms with Crippen molar-refractivity contribution in [3.63, 3.8) is 0 Å². The van der Waals surface area contributed by atoms with Gasteiger partial charge in [-0.25, -0.2) is 0 Å². The molecule has 0 atom stereocenters. The van der Waals surface area contributed by atoms with E-state index in [2.05, 4.69) is 10.4 Å². The van der Waals surface area contributed by atoms with Gasteiger partial charge in [0.25, 0.3) is 11.5 Å². The summed E-state index contributed by atoms with van der Waals surface area (Å²) in [6, 6.07) is 10.9. The maximum absolute atomic E-state index is 12.7. The van der Waals surface area contributed by atoms with Gasteiger partial charge in [0.2, 0.25) is 5.91 Å². The number of halogens is 1. The minimum absolute atomic E-state index is 0.0585. The van der Waals surface area contributed by atoms with Gasteiger partial charge < -0.3 is 15.1 Å². The first kappa shape index (κ1) is 23.0. The summed E-state index contributed by atoms with van der Waals surface area (Å²) in [5.41, 5.74) is 1.50. The maximum atomic E-state index is 12.7. The van der Waals surface area contributed by atoms with Crippen molar-refractivity contribution in [3.8, 4) is 5.69 Å². The maximum Gasteiger partial charge on any atom is 0.292 e. The summed E-state index contributed by atoms with van der Waals surface area (Å²) in [5.74, 6) is -0.0554. The Kier molecular flexibility index (Phi) is 7.41. The van der Waals surface area contributed by atoms with E-state index in [9.17, 15) is 14.4 Å². The Bertz CT molecular complexity index is 1160. The van der Waals surface area contributed by atoms with Crippen molar-refractivity contribution in [3.05, 3.63) is 74.3 Å². The highest BCUT2D eigenvalue weighted by atomic mass is 35.5. The summed E-state index contributed by atoms with van der Waals surface area (Å²) >= 11 is 7.87. The van der Waals surface area contributed by atoms with Crippen LogP contribution in [0.2, 0.25) is 5.02 Å². The number of amides is 2. The van der Waals surface area contributed by atoms with Gasteiger partial charge in [0.05, 0.1) is 17.6 Å². The third-order valence-electron chi connectivity index (χ3n) is 5.51. The number of nitrogens with zero attached hydrogens (tertiary/aromatic N) is 4. The second kappa shape index (κ2) is 10.6. The molecule has 0 spiro atoms. The van der Waals surface area contributed by atoms with Gasteiger partial charge in [0.1, 0.15) is 5.02 Å². The van der Waals surface area contributed by atoms with Crippen LogP contribution in [0.1, 0.15) is 23.2 Å². The van der Waals surface area contributed by atoms with Crippen molar-refractivity contribution in [2.75, 3.05) is 37.6 Å². The summed E-state index contributed by atoms with van der Waals surface area (Å²) in [6.45, 7) is 2.67. The predicted molar refractivity (Wildman–Crippen MR) is 130 cm³/mol. The molecule has 0 bridgehead atoms. The van der Waals surface area contributed by atoms with Crippen LogP contribution in [0.5, 0.6) is 0 Å². The third-order valence-corrected chi connectivity index (χ3v) is 6.55. The zero-order valence-corrected chi connectivity index (χ0v) is 19.5. The number of para-hydroxylation sites is 1. The molecule has 0 radical (unpaired) electrons. The highest BCUT2D eigenvalue weighted by molar-refractivity contribution is 7.08. The molecule has 8 nitrogen and oxygen atoms in total. The Morgan fingerprint density at radius 1 is 1.09 bits per heavy atom. The number of thiophene rings is 1. The van der Waals surface area contributed by atoms with Crippen molar-refractivity contribution >= 4 is 40.4 Å². The summed E-state index contributed by atoms with van der Waals surface area (Å²) in [5, 5.41) is 10.9. The normalized spacial score (nSPS) is 13.7. The topological polar surface area (TPSA) is 87.5 Å². The van der Waals surface area contributed by atoms with Crippen molar-refractivity contribution in [2.24, 2.45) is 0 Å². The molecule has 1 fully saturated rings. The predicted octanol–water partition coefficient (Wildman–Crippen LogP) is 2.81. The van der Waals surface area contributed by atoms with Crippen LogP contribution < -0.4 is 15.8 Å². The number of benzene rings is 1. The van der Waals surface area contributed by atoms with Crippen LogP contribution in [-0.4, -0.2) is 59.2 Å². The highest BCUT2D eigenvalue weighted by Gasteiger charge is 2.24. The minimum atomic E-state index is -0.372. The first-order chi connectivity index (χ1) is 16.0. The molecule has 2 aromatic heterocycles. The van der Waals surface area contributed by atoms with Crippen molar-refractivity contribution in [1.82, 2.24) is 20.0 Å². The number of carbonyl (C=O) groups is 2. The van der Waals surface area contributed by atoms with E-state index in [0.29, 0.717) is 62.5 Å². The number of anilines is 1. The Labute approximate surface area is 200 Å². The van der Waals surface area contributed by atoms with Gasteiger partial charge in [-0.1, -0.05) is 29.8 Å². The van der Waals surface area contributed by atoms with Gasteiger partial charge in [-0.05, 0) is 30.0 Å². The Hall–Kier alpha value is -3.17. The average Bonchev–Trinajstić information content (AvgIpc) is 3.39. The molecule has 3 heterocycles. The van der Waals surface area contributed by atoms with Crippen molar-refractivity contribution < 1.29 is 9.59 Å². The molecule has 3 aromatic rings. The highest BCUT2D eigenvalue weighted by Crippen LogP contribution is 2.23. The van der Waals surface area contributed by atoms with Crippen LogP contribution >= 0.6 is 22.9 Å². The molecule has 33 heavy (non-hydrogen) atoms. The number of hydrogen-bond acceptors (Lipinski definition) is 6. The van der Waals surface area contributed by atoms with E-state index < -0.39 is 0 Å². The Balaban J connectivity index is 1.27. The molecule has 1 aromatic carbocycles. The van der Waals surface area contributed by atoms with Gasteiger partial charge in [0, 0.05) is 50.1 Å². The van der Waals surface area contributed by atoms with Crippen LogP contribution in [0.25, 0.3) is 5.69 Å². The lowest BCUT2D eigenvalue weighted by atomic mass is 10.2. The van der Waals surface area contributed by atoms with Crippen LogP contribution in [-0.2, 0) is 4.79 Å². The molecule has 4 rings (SSSR count). The first-order valence-electron chi connectivity index (χ1n) is 10.7. The fourth-order valence-corrected chi connectivity index (χ4v) is 4.57. The lowest BCUT2D eigenvalue weighted by Gasteiger charge is -2.36. The van der Waals surface area contributed by atoms with E-state index in [1.807, 2.05) is 33.4 Å². The molecule has 0 saturated carbocycles. The van der Waals surface area contributed by atoms with Crippen LogP contribution in [0, 0.1) is 0 Å². The molecule has 2 amide bonds. The quantitative estimate of drug-likeness (QED) is 0.520. The van der Waals surface area contributed by atoms with Gasteiger partial charge in [-0.2, -0.15) is 21.1 Å².